The van der Waals surface area contributed by atoms with Crippen LogP contribution in [0.2, 0.25) is 0 Å². The molecule has 0 radical (unpaired) electrons. The molecule has 0 aromatic carbocycles. The third kappa shape index (κ3) is 1.24. The minimum absolute atomic E-state index is 0.515. The molecular weight excluding hydrogens is 126 g/mol. The van der Waals surface area contributed by atoms with Crippen LogP contribution >= 0.6 is 0 Å². The standard InChI is InChI=1S/C7H15N3/c1-4-7-5-8-9-10(7)6(2)3/h5-6,8-9H,4H2,1-3H3. The Morgan fingerprint density at radius 2 is 2.30 bits per heavy atom. The van der Waals surface area contributed by atoms with Crippen molar-refractivity contribution in [3.8, 4) is 0 Å². The zero-order chi connectivity index (χ0) is 7.56. The van der Waals surface area contributed by atoms with Gasteiger partial charge in [-0.25, -0.2) is 0 Å². The Labute approximate surface area is 62.0 Å². The number of nitrogens with zero attached hydrogens (tertiary/aromatic N) is 1. The van der Waals surface area contributed by atoms with Crippen LogP contribution in [-0.4, -0.2) is 11.1 Å². The number of rotatable bonds is 2. The van der Waals surface area contributed by atoms with E-state index in [0.29, 0.717) is 6.04 Å². The first kappa shape index (κ1) is 7.41. The molecule has 0 atom stereocenters. The fourth-order valence-electron chi connectivity index (χ4n) is 1.06. The number of hydrogen-bond donors (Lipinski definition) is 2. The number of nitrogens with one attached hydrogen (secondary N) is 2. The Bertz CT molecular complexity index is 140. The van der Waals surface area contributed by atoms with E-state index in [4.69, 9.17) is 0 Å². The van der Waals surface area contributed by atoms with Crippen LogP contribution in [0.25, 0.3) is 0 Å². The summed E-state index contributed by atoms with van der Waals surface area (Å²) in [7, 11) is 0. The van der Waals surface area contributed by atoms with Gasteiger partial charge in [-0.1, -0.05) is 6.92 Å². The van der Waals surface area contributed by atoms with Crippen LogP contribution in [0.4, 0.5) is 0 Å². The van der Waals surface area contributed by atoms with Crippen LogP contribution in [0.3, 0.4) is 0 Å². The van der Waals surface area contributed by atoms with Crippen molar-refractivity contribution in [1.29, 1.82) is 0 Å². The van der Waals surface area contributed by atoms with Gasteiger partial charge in [-0.3, -0.25) is 5.01 Å². The molecule has 1 aliphatic rings. The molecule has 0 saturated heterocycles. The quantitative estimate of drug-likeness (QED) is 0.600. The maximum absolute atomic E-state index is 3.05. The topological polar surface area (TPSA) is 27.3 Å². The van der Waals surface area contributed by atoms with Gasteiger partial charge in [0.2, 0.25) is 0 Å². The van der Waals surface area contributed by atoms with E-state index in [0.717, 1.165) is 6.42 Å². The lowest BCUT2D eigenvalue weighted by atomic mass is 10.3. The molecule has 1 rings (SSSR count). The Hall–Kier alpha value is -0.700. The molecule has 2 N–H and O–H groups in total. The molecule has 0 spiro atoms. The van der Waals surface area contributed by atoms with Gasteiger partial charge in [0.05, 0.1) is 0 Å². The minimum Gasteiger partial charge on any atom is -0.309 e. The van der Waals surface area contributed by atoms with E-state index in [1.165, 1.54) is 5.70 Å². The summed E-state index contributed by atoms with van der Waals surface area (Å²) in [5, 5.41) is 2.12. The SMILES string of the molecule is CCC1=CNNN1C(C)C. The lowest BCUT2D eigenvalue weighted by Gasteiger charge is -2.24. The molecule has 0 bridgehead atoms. The third-order valence-electron chi connectivity index (χ3n) is 1.61. The van der Waals surface area contributed by atoms with E-state index in [9.17, 15) is 0 Å². The van der Waals surface area contributed by atoms with E-state index in [2.05, 4.69) is 36.7 Å². The molecule has 3 heteroatoms. The Kier molecular flexibility index (Phi) is 2.17. The molecule has 10 heavy (non-hydrogen) atoms. The number of allylic oxidation sites excluding steroid dienone is 1. The van der Waals surface area contributed by atoms with Crippen LogP contribution < -0.4 is 11.0 Å². The zero-order valence-corrected chi connectivity index (χ0v) is 6.81. The van der Waals surface area contributed by atoms with E-state index >= 15 is 0 Å². The normalized spacial score (nSPS) is 17.6. The lowest BCUT2D eigenvalue weighted by molar-refractivity contribution is 0.198. The highest BCUT2D eigenvalue weighted by Crippen LogP contribution is 2.11. The van der Waals surface area contributed by atoms with Crippen molar-refractivity contribution in [2.75, 3.05) is 0 Å². The summed E-state index contributed by atoms with van der Waals surface area (Å²) in [6, 6.07) is 0.515. The second-order valence-electron chi connectivity index (χ2n) is 2.71. The molecule has 1 aliphatic heterocycles. The maximum Gasteiger partial charge on any atom is 0.0483 e. The summed E-state index contributed by atoms with van der Waals surface area (Å²) in [6.45, 7) is 6.46. The van der Waals surface area contributed by atoms with Gasteiger partial charge in [0, 0.05) is 17.9 Å². The van der Waals surface area contributed by atoms with Crippen molar-refractivity contribution in [3.05, 3.63) is 11.9 Å². The first-order valence-corrected chi connectivity index (χ1v) is 3.75. The highest BCUT2D eigenvalue weighted by atomic mass is 15.7. The smallest absolute Gasteiger partial charge is 0.0483 e. The van der Waals surface area contributed by atoms with Gasteiger partial charge in [-0.05, 0) is 20.3 Å². The summed E-state index contributed by atoms with van der Waals surface area (Å²) >= 11 is 0. The first-order valence-electron chi connectivity index (χ1n) is 3.75. The van der Waals surface area contributed by atoms with Crippen LogP contribution in [0.15, 0.2) is 11.9 Å². The van der Waals surface area contributed by atoms with Gasteiger partial charge >= 0.3 is 0 Å². The molecular formula is C7H15N3. The van der Waals surface area contributed by atoms with Gasteiger partial charge in [-0.15, -0.1) is 5.53 Å². The molecule has 1 heterocycles. The first-order chi connectivity index (χ1) is 4.75. The second kappa shape index (κ2) is 2.92. The zero-order valence-electron chi connectivity index (χ0n) is 6.81. The fourth-order valence-corrected chi connectivity index (χ4v) is 1.06. The molecule has 0 aromatic heterocycles. The molecule has 0 aliphatic carbocycles. The summed E-state index contributed by atoms with van der Waals surface area (Å²) in [5.74, 6) is 0. The summed E-state index contributed by atoms with van der Waals surface area (Å²) in [4.78, 5) is 0. The van der Waals surface area contributed by atoms with Crippen molar-refractivity contribution in [2.45, 2.75) is 33.2 Å². The largest absolute Gasteiger partial charge is 0.309 e. The lowest BCUT2D eigenvalue weighted by Crippen LogP contribution is -2.41. The molecule has 0 amide bonds. The van der Waals surface area contributed by atoms with Crippen molar-refractivity contribution < 1.29 is 0 Å². The summed E-state index contributed by atoms with van der Waals surface area (Å²) in [6.07, 6.45) is 3.07. The Morgan fingerprint density at radius 3 is 2.70 bits per heavy atom. The van der Waals surface area contributed by atoms with Crippen LogP contribution in [0.1, 0.15) is 27.2 Å². The average molecular weight is 141 g/mol. The van der Waals surface area contributed by atoms with Gasteiger partial charge in [-0.2, -0.15) is 0 Å². The van der Waals surface area contributed by atoms with Gasteiger partial charge in [0.1, 0.15) is 0 Å². The summed E-state index contributed by atoms with van der Waals surface area (Å²) < 4.78 is 0. The fraction of sp³-hybridized carbons (Fsp3) is 0.714. The molecule has 0 unspecified atom stereocenters. The highest BCUT2D eigenvalue weighted by molar-refractivity contribution is 5.02. The maximum atomic E-state index is 3.05. The van der Waals surface area contributed by atoms with E-state index < -0.39 is 0 Å². The highest BCUT2D eigenvalue weighted by Gasteiger charge is 2.14. The predicted molar refractivity (Wildman–Crippen MR) is 41.6 cm³/mol. The second-order valence-corrected chi connectivity index (χ2v) is 2.71. The van der Waals surface area contributed by atoms with Crippen molar-refractivity contribution in [3.63, 3.8) is 0 Å². The third-order valence-corrected chi connectivity index (χ3v) is 1.61. The molecule has 0 fully saturated rings. The average Bonchev–Trinajstić information content (AvgIpc) is 2.33. The number of hydrazine groups is 2. The van der Waals surface area contributed by atoms with E-state index in [1.54, 1.807) is 0 Å². The van der Waals surface area contributed by atoms with E-state index in [1.807, 2.05) is 6.20 Å². The minimum atomic E-state index is 0.515. The molecule has 3 nitrogen and oxygen atoms in total. The Balaban J connectivity index is 2.54. The van der Waals surface area contributed by atoms with Crippen LogP contribution in [-0.2, 0) is 0 Å². The van der Waals surface area contributed by atoms with Crippen LogP contribution in [0, 0.1) is 0 Å². The monoisotopic (exact) mass is 141 g/mol. The van der Waals surface area contributed by atoms with Gasteiger partial charge in [0.15, 0.2) is 0 Å². The molecule has 58 valence electrons. The van der Waals surface area contributed by atoms with Gasteiger partial charge < -0.3 is 5.43 Å². The van der Waals surface area contributed by atoms with Crippen molar-refractivity contribution in [1.82, 2.24) is 16.0 Å². The van der Waals surface area contributed by atoms with Crippen molar-refractivity contribution >= 4 is 0 Å². The van der Waals surface area contributed by atoms with E-state index in [-0.39, 0.29) is 0 Å². The summed E-state index contributed by atoms with van der Waals surface area (Å²) in [5.41, 5.74) is 7.33. The molecule has 0 aromatic rings. The Morgan fingerprint density at radius 1 is 1.60 bits per heavy atom. The van der Waals surface area contributed by atoms with Crippen molar-refractivity contribution in [2.24, 2.45) is 0 Å². The predicted octanol–water partition coefficient (Wildman–Crippen LogP) is 0.971. The van der Waals surface area contributed by atoms with Gasteiger partial charge in [0.25, 0.3) is 0 Å². The van der Waals surface area contributed by atoms with Crippen LogP contribution in [0.5, 0.6) is 0 Å². The molecule has 0 saturated carbocycles. The number of hydrogen-bond acceptors (Lipinski definition) is 3.